The number of aliphatic hydroxyl groups is 1. The zero-order valence-electron chi connectivity index (χ0n) is 19.9. The van der Waals surface area contributed by atoms with Crippen LogP contribution < -0.4 is 0 Å². The Hall–Kier alpha value is -1.12. The third-order valence-corrected chi connectivity index (χ3v) is 7.15. The monoisotopic (exact) mass is 545 g/mol. The van der Waals surface area contributed by atoms with E-state index in [0.29, 0.717) is 11.3 Å². The zero-order valence-corrected chi connectivity index (χ0v) is 20.7. The normalized spacial score (nSPS) is 13.5. The number of halogens is 1. The Balaban J connectivity index is 0.00000342. The molecule has 0 amide bonds. The van der Waals surface area contributed by atoms with E-state index in [1.807, 2.05) is 51.1 Å². The molecule has 0 fully saturated rings. The number of aliphatic hydroxyl groups excluding tert-OH is 1. The molecule has 1 heterocycles. The molecule has 0 aliphatic rings. The molecule has 0 saturated carbocycles. The second-order valence-corrected chi connectivity index (χ2v) is 11.0. The van der Waals surface area contributed by atoms with Crippen LogP contribution in [-0.2, 0) is 9.36 Å². The number of carboxylic acid groups (broad SMARTS) is 1. The molecular formula is C27H31FNNa2O5P. The molecule has 0 spiro atoms. The molecule has 1 aromatic heterocycles. The number of hydrogen-bond donors (Lipinski definition) is 3. The maximum absolute atomic E-state index is 13.7. The van der Waals surface area contributed by atoms with Crippen LogP contribution in [0.25, 0.3) is 28.5 Å². The van der Waals surface area contributed by atoms with E-state index in [9.17, 15) is 23.7 Å². The number of rotatable bonds is 9. The van der Waals surface area contributed by atoms with Crippen molar-refractivity contribution in [3.8, 4) is 22.4 Å². The molecular weight excluding hydrogens is 514 g/mol. The van der Waals surface area contributed by atoms with Gasteiger partial charge in [0.25, 0.3) is 0 Å². The molecule has 3 aromatic rings. The molecule has 188 valence electrons. The van der Waals surface area contributed by atoms with Gasteiger partial charge in [-0.25, -0.2) is 4.39 Å². The van der Waals surface area contributed by atoms with Crippen LogP contribution >= 0.6 is 7.37 Å². The number of carboxylic acids is 1. The average molecular weight is 545 g/mol. The average Bonchev–Trinajstić information content (AvgIpc) is 2.78. The Kier molecular flexibility index (Phi) is 13.6. The molecule has 0 bridgehead atoms. The first kappa shape index (κ1) is 33.9. The summed E-state index contributed by atoms with van der Waals surface area (Å²) < 4.78 is 26.5. The minimum absolute atomic E-state index is 0. The Morgan fingerprint density at radius 2 is 1.65 bits per heavy atom. The molecule has 1 unspecified atom stereocenters. The molecule has 0 aliphatic heterocycles. The summed E-state index contributed by atoms with van der Waals surface area (Å²) in [5, 5.41) is 18.7. The van der Waals surface area contributed by atoms with Crippen molar-refractivity contribution >= 4 is 78.5 Å². The SMILES string of the molecule is Cc1c(-c2ccccc2)nc(C(C)C)c(C=CP(=O)(O)C[C@@H](O)CC(=O)O)c1-c1ccc(F)cc1.[NaH].[NaH]. The van der Waals surface area contributed by atoms with Crippen LogP contribution in [0.15, 0.2) is 60.4 Å². The van der Waals surface area contributed by atoms with E-state index in [0.717, 1.165) is 33.8 Å². The number of aromatic nitrogens is 1. The number of pyridine rings is 1. The van der Waals surface area contributed by atoms with Crippen molar-refractivity contribution in [2.24, 2.45) is 0 Å². The number of hydrogen-bond acceptors (Lipinski definition) is 4. The summed E-state index contributed by atoms with van der Waals surface area (Å²) in [6.07, 6.45) is -1.14. The Labute approximate surface area is 261 Å². The molecule has 3 rings (SSSR count). The first-order chi connectivity index (χ1) is 16.5. The van der Waals surface area contributed by atoms with Gasteiger partial charge in [0, 0.05) is 16.9 Å². The van der Waals surface area contributed by atoms with Gasteiger partial charge in [-0.3, -0.25) is 14.3 Å². The van der Waals surface area contributed by atoms with Crippen molar-refractivity contribution in [3.63, 3.8) is 0 Å². The fourth-order valence-electron chi connectivity index (χ4n) is 4.01. The molecule has 10 heteroatoms. The van der Waals surface area contributed by atoms with E-state index in [2.05, 4.69) is 0 Å². The molecule has 37 heavy (non-hydrogen) atoms. The van der Waals surface area contributed by atoms with E-state index < -0.39 is 32.0 Å². The summed E-state index contributed by atoms with van der Waals surface area (Å²) in [4.78, 5) is 26.2. The van der Waals surface area contributed by atoms with Gasteiger partial charge in [-0.15, -0.1) is 0 Å². The van der Waals surface area contributed by atoms with Gasteiger partial charge in [0.1, 0.15) is 5.82 Å². The van der Waals surface area contributed by atoms with Crippen LogP contribution in [-0.4, -0.2) is 97.4 Å². The van der Waals surface area contributed by atoms with Crippen LogP contribution in [0.1, 0.15) is 43.0 Å². The van der Waals surface area contributed by atoms with Gasteiger partial charge in [0.2, 0.25) is 7.37 Å². The summed E-state index contributed by atoms with van der Waals surface area (Å²) in [6.45, 7) is 5.84. The van der Waals surface area contributed by atoms with Crippen molar-refractivity contribution in [1.29, 1.82) is 0 Å². The van der Waals surface area contributed by atoms with E-state index in [1.54, 1.807) is 12.1 Å². The topological polar surface area (TPSA) is 108 Å². The van der Waals surface area contributed by atoms with Gasteiger partial charge in [-0.1, -0.05) is 56.3 Å². The molecule has 3 N–H and O–H groups in total. The third-order valence-electron chi connectivity index (χ3n) is 5.59. The van der Waals surface area contributed by atoms with Crippen molar-refractivity contribution in [1.82, 2.24) is 4.98 Å². The number of aliphatic carboxylic acids is 1. The fourth-order valence-corrected chi connectivity index (χ4v) is 5.24. The molecule has 0 aliphatic carbocycles. The van der Waals surface area contributed by atoms with Crippen LogP contribution in [0, 0.1) is 12.7 Å². The van der Waals surface area contributed by atoms with Gasteiger partial charge in [0.15, 0.2) is 0 Å². The number of nitrogens with zero attached hydrogens (tertiary/aromatic N) is 1. The third kappa shape index (κ3) is 9.24. The minimum atomic E-state index is -4.01. The summed E-state index contributed by atoms with van der Waals surface area (Å²) in [5.41, 5.74) is 5.28. The molecule has 0 saturated heterocycles. The van der Waals surface area contributed by atoms with E-state index >= 15 is 0 Å². The first-order valence-corrected chi connectivity index (χ1v) is 13.2. The quantitative estimate of drug-likeness (QED) is 0.264. The van der Waals surface area contributed by atoms with Gasteiger partial charge >= 0.3 is 65.1 Å². The molecule has 6 nitrogen and oxygen atoms in total. The van der Waals surface area contributed by atoms with Crippen LogP contribution in [0.2, 0.25) is 0 Å². The van der Waals surface area contributed by atoms with Gasteiger partial charge in [-0.05, 0) is 47.7 Å². The Bertz CT molecular complexity index is 1280. The predicted octanol–water partition coefficient (Wildman–Crippen LogP) is 4.77. The second-order valence-electron chi connectivity index (χ2n) is 8.79. The first-order valence-electron chi connectivity index (χ1n) is 11.2. The van der Waals surface area contributed by atoms with Crippen molar-refractivity contribution in [2.45, 2.75) is 39.2 Å². The van der Waals surface area contributed by atoms with Crippen molar-refractivity contribution in [2.75, 3.05) is 6.16 Å². The van der Waals surface area contributed by atoms with Gasteiger partial charge in [0.05, 0.1) is 30.1 Å². The Morgan fingerprint density at radius 1 is 1.05 bits per heavy atom. The predicted molar refractivity (Wildman–Crippen MR) is 150 cm³/mol. The van der Waals surface area contributed by atoms with E-state index in [1.165, 1.54) is 18.2 Å². The standard InChI is InChI=1S/C27H29FNO5P.2Na.2H/c1-17(2)26-23(13-14-35(33,34)16-22(30)15-24(31)32)25(19-9-11-21(28)12-10-19)18(3)27(29-26)20-7-5-4-6-8-20;;;;/h4-14,17,22,30H,15-16H2,1-3H3,(H,31,32)(H,33,34);;;;/t22-;;;;/m0..../s1. The van der Waals surface area contributed by atoms with Crippen molar-refractivity contribution in [3.05, 3.63) is 83.1 Å². The summed E-state index contributed by atoms with van der Waals surface area (Å²) in [7, 11) is -4.01. The molecule has 2 aromatic carbocycles. The summed E-state index contributed by atoms with van der Waals surface area (Å²) in [5.74, 6) is -0.557. The van der Waals surface area contributed by atoms with E-state index in [-0.39, 0.29) is 70.8 Å². The van der Waals surface area contributed by atoms with Crippen LogP contribution in [0.3, 0.4) is 0 Å². The molecule has 2 atom stereocenters. The number of carbonyl (C=O) groups is 1. The summed E-state index contributed by atoms with van der Waals surface area (Å²) >= 11 is 0. The zero-order chi connectivity index (χ0) is 25.8. The number of benzene rings is 2. The maximum atomic E-state index is 13.7. The van der Waals surface area contributed by atoms with Crippen LogP contribution in [0.4, 0.5) is 4.39 Å². The van der Waals surface area contributed by atoms with Gasteiger partial charge < -0.3 is 15.1 Å². The molecule has 0 radical (unpaired) electrons. The fraction of sp³-hybridized carbons (Fsp3) is 0.259. The second kappa shape index (κ2) is 14.9. The van der Waals surface area contributed by atoms with Gasteiger partial charge in [-0.2, -0.15) is 0 Å². The summed E-state index contributed by atoms with van der Waals surface area (Å²) in [6, 6.07) is 15.7. The van der Waals surface area contributed by atoms with Crippen molar-refractivity contribution < 1.29 is 28.9 Å². The van der Waals surface area contributed by atoms with Crippen LogP contribution in [0.5, 0.6) is 0 Å². The van der Waals surface area contributed by atoms with E-state index in [4.69, 9.17) is 10.1 Å². The Morgan fingerprint density at radius 3 is 2.19 bits per heavy atom.